The fourth-order valence-corrected chi connectivity index (χ4v) is 4.39. The Balaban J connectivity index is 2.40. The Hall–Kier alpha value is -2.02. The predicted molar refractivity (Wildman–Crippen MR) is 87.2 cm³/mol. The van der Waals surface area contributed by atoms with Gasteiger partial charge in [0.2, 0.25) is 9.84 Å². The van der Waals surface area contributed by atoms with Crippen molar-refractivity contribution < 1.29 is 18.3 Å². The Morgan fingerprint density at radius 3 is 2.39 bits per heavy atom. The molecule has 23 heavy (non-hydrogen) atoms. The number of hydrogen-bond donors (Lipinski definition) is 2. The highest BCUT2D eigenvalue weighted by atomic mass is 35.5. The van der Waals surface area contributed by atoms with Crippen LogP contribution in [-0.2, 0) is 9.84 Å². The minimum atomic E-state index is -4.09. The Morgan fingerprint density at radius 1 is 1.04 bits per heavy atom. The average Bonchev–Trinajstić information content (AvgIpc) is 2.86. The van der Waals surface area contributed by atoms with Crippen molar-refractivity contribution in [2.75, 3.05) is 0 Å². The van der Waals surface area contributed by atoms with E-state index in [1.165, 1.54) is 36.4 Å². The van der Waals surface area contributed by atoms with E-state index >= 15 is 0 Å². The van der Waals surface area contributed by atoms with Crippen molar-refractivity contribution in [2.45, 2.75) is 9.79 Å². The molecule has 0 amide bonds. The van der Waals surface area contributed by atoms with Crippen molar-refractivity contribution in [1.29, 1.82) is 0 Å². The maximum atomic E-state index is 12.9. The van der Waals surface area contributed by atoms with Crippen LogP contribution >= 0.6 is 23.2 Å². The Labute approximate surface area is 141 Å². The number of carboxylic acids is 1. The van der Waals surface area contributed by atoms with Crippen molar-refractivity contribution in [3.63, 3.8) is 0 Å². The lowest BCUT2D eigenvalue weighted by Gasteiger charge is -2.05. The maximum absolute atomic E-state index is 12.9. The number of benzene rings is 2. The molecule has 1 aromatic heterocycles. The van der Waals surface area contributed by atoms with E-state index in [1.54, 1.807) is 6.07 Å². The van der Waals surface area contributed by atoms with Crippen molar-refractivity contribution in [1.82, 2.24) is 4.98 Å². The fraction of sp³-hybridized carbons (Fsp3) is 0. The molecule has 0 saturated heterocycles. The number of sulfone groups is 1. The summed E-state index contributed by atoms with van der Waals surface area (Å²) >= 11 is 11.8. The van der Waals surface area contributed by atoms with Gasteiger partial charge >= 0.3 is 5.97 Å². The molecule has 1 heterocycles. The number of carboxylic acid groups (broad SMARTS) is 1. The van der Waals surface area contributed by atoms with Crippen LogP contribution in [0.5, 0.6) is 0 Å². The highest BCUT2D eigenvalue weighted by Crippen LogP contribution is 2.34. The third kappa shape index (κ3) is 2.69. The molecular weight excluding hydrogens is 361 g/mol. The van der Waals surface area contributed by atoms with E-state index in [-0.39, 0.29) is 20.2 Å². The number of halogens is 2. The first kappa shape index (κ1) is 15.9. The second kappa shape index (κ2) is 5.56. The number of hydrogen-bond acceptors (Lipinski definition) is 3. The molecule has 0 spiro atoms. The zero-order valence-electron chi connectivity index (χ0n) is 11.4. The third-order valence-corrected chi connectivity index (χ3v) is 5.61. The van der Waals surface area contributed by atoms with Gasteiger partial charge in [-0.2, -0.15) is 0 Å². The molecule has 0 aliphatic carbocycles. The molecule has 0 aliphatic rings. The highest BCUT2D eigenvalue weighted by molar-refractivity contribution is 7.91. The predicted octanol–water partition coefficient (Wildman–Crippen LogP) is 4.01. The minimum absolute atomic E-state index is 0.0895. The first-order valence-corrected chi connectivity index (χ1v) is 8.60. The summed E-state index contributed by atoms with van der Waals surface area (Å²) in [4.78, 5) is 13.7. The molecule has 8 heteroatoms. The monoisotopic (exact) mass is 369 g/mol. The van der Waals surface area contributed by atoms with Gasteiger partial charge in [-0.3, -0.25) is 0 Å². The standard InChI is InChI=1S/C15H9Cl2NO4S/c16-8-2-1-3-10(6-8)23(21,22)14-11-7-9(17)4-5-12(11)18-13(14)15(19)20/h1-7,18H,(H,19,20). The number of nitrogens with one attached hydrogen (secondary N) is 1. The lowest BCUT2D eigenvalue weighted by atomic mass is 10.2. The van der Waals surface area contributed by atoms with E-state index in [0.29, 0.717) is 10.5 Å². The van der Waals surface area contributed by atoms with Crippen LogP contribution in [0.25, 0.3) is 10.9 Å². The number of H-pyrrole nitrogens is 1. The molecule has 0 unspecified atom stereocenters. The van der Waals surface area contributed by atoms with E-state index in [1.807, 2.05) is 0 Å². The lowest BCUT2D eigenvalue weighted by Crippen LogP contribution is -2.08. The molecule has 118 valence electrons. The van der Waals surface area contributed by atoms with Gasteiger partial charge in [0.05, 0.1) is 4.90 Å². The van der Waals surface area contributed by atoms with Gasteiger partial charge in [-0.1, -0.05) is 29.3 Å². The van der Waals surface area contributed by atoms with Gasteiger partial charge in [-0.05, 0) is 36.4 Å². The lowest BCUT2D eigenvalue weighted by molar-refractivity contribution is 0.0687. The molecular formula is C15H9Cl2NO4S. The van der Waals surface area contributed by atoms with Crippen LogP contribution in [-0.4, -0.2) is 24.5 Å². The molecule has 2 aromatic carbocycles. The van der Waals surface area contributed by atoms with Crippen LogP contribution in [0.3, 0.4) is 0 Å². The molecule has 5 nitrogen and oxygen atoms in total. The smallest absolute Gasteiger partial charge is 0.353 e. The number of carbonyl (C=O) groups is 1. The molecule has 0 fully saturated rings. The SMILES string of the molecule is O=C(O)c1[nH]c2ccc(Cl)cc2c1S(=O)(=O)c1cccc(Cl)c1. The number of aromatic amines is 1. The van der Waals surface area contributed by atoms with Crippen LogP contribution in [0.1, 0.15) is 10.5 Å². The Kier molecular flexibility index (Phi) is 3.83. The largest absolute Gasteiger partial charge is 0.477 e. The molecule has 0 atom stereocenters. The van der Waals surface area contributed by atoms with E-state index in [0.717, 1.165) is 0 Å². The van der Waals surface area contributed by atoms with Gasteiger partial charge < -0.3 is 10.1 Å². The maximum Gasteiger partial charge on any atom is 0.353 e. The normalized spacial score (nSPS) is 11.7. The molecule has 0 aliphatic heterocycles. The summed E-state index contributed by atoms with van der Waals surface area (Å²) in [5, 5.41) is 10.1. The van der Waals surface area contributed by atoms with Crippen LogP contribution in [0, 0.1) is 0 Å². The fourth-order valence-electron chi connectivity index (χ4n) is 2.32. The van der Waals surface area contributed by atoms with Gasteiger partial charge in [0, 0.05) is 20.9 Å². The highest BCUT2D eigenvalue weighted by Gasteiger charge is 2.29. The second-order valence-corrected chi connectivity index (χ2v) is 7.54. The van der Waals surface area contributed by atoms with Gasteiger partial charge in [-0.15, -0.1) is 0 Å². The molecule has 2 N–H and O–H groups in total. The second-order valence-electron chi connectivity index (χ2n) is 4.78. The summed E-state index contributed by atoms with van der Waals surface area (Å²) in [7, 11) is -4.09. The number of fused-ring (bicyclic) bond motifs is 1. The minimum Gasteiger partial charge on any atom is -0.477 e. The van der Waals surface area contributed by atoms with Crippen LogP contribution in [0.15, 0.2) is 52.3 Å². The molecule has 0 bridgehead atoms. The zero-order valence-corrected chi connectivity index (χ0v) is 13.7. The zero-order chi connectivity index (χ0) is 16.8. The number of aromatic carboxylic acids is 1. The Bertz CT molecular complexity index is 1040. The van der Waals surface area contributed by atoms with Crippen molar-refractivity contribution in [3.8, 4) is 0 Å². The summed E-state index contributed by atoms with van der Waals surface area (Å²) in [6.07, 6.45) is 0. The summed E-state index contributed by atoms with van der Waals surface area (Å²) < 4.78 is 25.8. The van der Waals surface area contributed by atoms with Crippen molar-refractivity contribution >= 4 is 49.9 Å². The quantitative estimate of drug-likeness (QED) is 0.729. The van der Waals surface area contributed by atoms with Crippen molar-refractivity contribution in [3.05, 3.63) is 58.2 Å². The van der Waals surface area contributed by atoms with Gasteiger partial charge in [0.25, 0.3) is 0 Å². The van der Waals surface area contributed by atoms with Gasteiger partial charge in [-0.25, -0.2) is 13.2 Å². The third-order valence-electron chi connectivity index (χ3n) is 3.30. The van der Waals surface area contributed by atoms with Crippen LogP contribution < -0.4 is 0 Å². The summed E-state index contributed by atoms with van der Waals surface area (Å²) in [6.45, 7) is 0. The summed E-state index contributed by atoms with van der Waals surface area (Å²) in [6, 6.07) is 10.1. The topological polar surface area (TPSA) is 87.2 Å². The van der Waals surface area contributed by atoms with Crippen LogP contribution in [0.4, 0.5) is 0 Å². The van der Waals surface area contributed by atoms with E-state index in [9.17, 15) is 18.3 Å². The summed E-state index contributed by atoms with van der Waals surface area (Å²) in [5.41, 5.74) is -0.0466. The van der Waals surface area contributed by atoms with E-state index in [4.69, 9.17) is 23.2 Å². The van der Waals surface area contributed by atoms with Gasteiger partial charge in [0.15, 0.2) is 0 Å². The molecule has 3 rings (SSSR count). The Morgan fingerprint density at radius 2 is 1.74 bits per heavy atom. The molecule has 3 aromatic rings. The number of rotatable bonds is 3. The van der Waals surface area contributed by atoms with E-state index < -0.39 is 21.5 Å². The average molecular weight is 370 g/mol. The molecule has 0 saturated carbocycles. The number of aromatic nitrogens is 1. The van der Waals surface area contributed by atoms with Crippen molar-refractivity contribution in [2.24, 2.45) is 0 Å². The van der Waals surface area contributed by atoms with Gasteiger partial charge in [0.1, 0.15) is 10.6 Å². The first-order valence-electron chi connectivity index (χ1n) is 6.36. The first-order chi connectivity index (χ1) is 10.8. The van der Waals surface area contributed by atoms with Crippen LogP contribution in [0.2, 0.25) is 10.0 Å². The van der Waals surface area contributed by atoms with E-state index in [2.05, 4.69) is 4.98 Å². The molecule has 0 radical (unpaired) electrons. The summed E-state index contributed by atoms with van der Waals surface area (Å²) in [5.74, 6) is -1.38.